The maximum Gasteiger partial charge on any atom is 0.335 e. The number of thioether (sulfide) groups is 1. The first-order valence-electron chi connectivity index (χ1n) is 19.3. The van der Waals surface area contributed by atoms with E-state index in [4.69, 9.17) is 15.2 Å². The Bertz CT molecular complexity index is 2110. The molecule has 296 valence electrons. The normalized spacial score (nSPS) is 16.5. The third-order valence-electron chi connectivity index (χ3n) is 9.85. The van der Waals surface area contributed by atoms with Crippen LogP contribution in [0.15, 0.2) is 126 Å². The molecule has 0 radical (unpaired) electrons. The fourth-order valence-corrected chi connectivity index (χ4v) is 7.59. The first kappa shape index (κ1) is 41.2. The molecule has 5 aromatic carbocycles. The Labute approximate surface area is 337 Å². The first-order chi connectivity index (χ1) is 27.7. The van der Waals surface area contributed by atoms with Gasteiger partial charge in [-0.1, -0.05) is 85.6 Å². The number of amides is 2. The Balaban J connectivity index is 1.02. The van der Waals surface area contributed by atoms with Crippen LogP contribution in [0.2, 0.25) is 0 Å². The highest BCUT2D eigenvalue weighted by molar-refractivity contribution is 7.99. The molecule has 1 aliphatic rings. The molecular formula is C46H49N3O7S. The number of ether oxygens (including phenoxy) is 2. The zero-order valence-electron chi connectivity index (χ0n) is 31.8. The summed E-state index contributed by atoms with van der Waals surface area (Å²) in [6, 6.07) is 38.1. The van der Waals surface area contributed by atoms with Gasteiger partial charge in [0, 0.05) is 42.0 Å². The fourth-order valence-electron chi connectivity index (χ4n) is 6.67. The highest BCUT2D eigenvalue weighted by Gasteiger charge is 2.32. The van der Waals surface area contributed by atoms with E-state index in [9.17, 15) is 24.6 Å². The van der Waals surface area contributed by atoms with Gasteiger partial charge in [0.15, 0.2) is 6.29 Å². The molecule has 2 amide bonds. The van der Waals surface area contributed by atoms with E-state index in [2.05, 4.69) is 22.8 Å². The number of benzene rings is 5. The molecule has 1 fully saturated rings. The number of hydrogen-bond donors (Lipinski definition) is 5. The van der Waals surface area contributed by atoms with Gasteiger partial charge in [0.1, 0.15) is 0 Å². The lowest BCUT2D eigenvalue weighted by Crippen LogP contribution is -2.31. The van der Waals surface area contributed by atoms with Gasteiger partial charge in [0.05, 0.1) is 35.8 Å². The number of unbranched alkanes of at least 4 members (excludes halogenated alkanes) is 3. The third-order valence-corrected chi connectivity index (χ3v) is 11.0. The van der Waals surface area contributed by atoms with E-state index in [0.29, 0.717) is 42.9 Å². The average Bonchev–Trinajstić information content (AvgIpc) is 3.24. The summed E-state index contributed by atoms with van der Waals surface area (Å²) in [7, 11) is 0. The number of hydrogen-bond acceptors (Lipinski definition) is 8. The van der Waals surface area contributed by atoms with E-state index in [0.717, 1.165) is 64.0 Å². The monoisotopic (exact) mass is 787 g/mol. The SMILES string of the molecule is Nc1ccccc1NC(=O)CCCCCCC(=O)NCc1cccc(-c2cccc([C@H]3O[C@@H](CSc4ccc(C(=O)O)cc4)C[C@@H](c4ccc(CO)cc4)O3)c2)c1. The number of carbonyl (C=O) groups is 3. The standard InChI is InChI=1S/C46H49N3O7S/c47-40-13-5-6-14-41(40)49-44(52)16-4-2-1-3-15-43(51)48-28-32-9-7-10-35(25-32)36-11-8-12-37(26-36)46-55-38(30-57-39-23-21-34(22-24-39)45(53)54)27-42(56-46)33-19-17-31(29-50)18-20-33/h5-14,17-26,38,42,46,50H,1-4,15-16,27-30,47H2,(H,48,51)(H,49,52)(H,53,54)/t38-,42+,46+/m1/s1. The molecule has 6 N–H and O–H groups in total. The number of carboxylic acids is 1. The van der Waals surface area contributed by atoms with E-state index >= 15 is 0 Å². The lowest BCUT2D eigenvalue weighted by atomic mass is 9.99. The largest absolute Gasteiger partial charge is 0.478 e. The second-order valence-corrected chi connectivity index (χ2v) is 15.2. The molecule has 0 spiro atoms. The number of aliphatic hydroxyl groups excluding tert-OH is 1. The van der Waals surface area contributed by atoms with Crippen molar-refractivity contribution >= 4 is 40.9 Å². The second-order valence-electron chi connectivity index (χ2n) is 14.1. The van der Waals surface area contributed by atoms with E-state index in [1.165, 1.54) is 0 Å². The van der Waals surface area contributed by atoms with E-state index < -0.39 is 12.3 Å². The quantitative estimate of drug-likeness (QED) is 0.0332. The van der Waals surface area contributed by atoms with Crippen molar-refractivity contribution in [3.63, 3.8) is 0 Å². The maximum atomic E-state index is 12.7. The Hall–Kier alpha value is -5.46. The van der Waals surface area contributed by atoms with Crippen LogP contribution in [0.25, 0.3) is 11.1 Å². The van der Waals surface area contributed by atoms with Gasteiger partial charge >= 0.3 is 5.97 Å². The van der Waals surface area contributed by atoms with Crippen LogP contribution in [0.3, 0.4) is 0 Å². The van der Waals surface area contributed by atoms with Crippen molar-refractivity contribution in [2.75, 3.05) is 16.8 Å². The molecule has 1 heterocycles. The Morgan fingerprint density at radius 2 is 1.42 bits per heavy atom. The summed E-state index contributed by atoms with van der Waals surface area (Å²) in [4.78, 5) is 37.2. The van der Waals surface area contributed by atoms with Crippen LogP contribution < -0.4 is 16.4 Å². The average molecular weight is 788 g/mol. The number of carbonyl (C=O) groups excluding carboxylic acids is 2. The third kappa shape index (κ3) is 12.3. The Morgan fingerprint density at radius 1 is 0.719 bits per heavy atom. The van der Waals surface area contributed by atoms with Gasteiger partial charge in [-0.3, -0.25) is 9.59 Å². The number of aliphatic hydroxyl groups is 1. The van der Waals surface area contributed by atoms with Crippen molar-refractivity contribution in [3.8, 4) is 11.1 Å². The minimum atomic E-state index is -0.955. The molecule has 0 bridgehead atoms. The van der Waals surface area contributed by atoms with Crippen molar-refractivity contribution < 1.29 is 34.1 Å². The number of carboxylic acid groups (broad SMARTS) is 1. The van der Waals surface area contributed by atoms with Gasteiger partial charge in [-0.25, -0.2) is 4.79 Å². The lowest BCUT2D eigenvalue weighted by molar-refractivity contribution is -0.245. The van der Waals surface area contributed by atoms with Crippen LogP contribution in [0.1, 0.15) is 90.0 Å². The number of nitrogen functional groups attached to an aromatic ring is 1. The van der Waals surface area contributed by atoms with Crippen LogP contribution in [-0.2, 0) is 32.2 Å². The van der Waals surface area contributed by atoms with Crippen LogP contribution in [0.5, 0.6) is 0 Å². The van der Waals surface area contributed by atoms with Gasteiger partial charge < -0.3 is 36.1 Å². The lowest BCUT2D eigenvalue weighted by Gasteiger charge is -2.36. The summed E-state index contributed by atoms with van der Waals surface area (Å²) in [5.41, 5.74) is 13.0. The zero-order valence-corrected chi connectivity index (χ0v) is 32.6. The summed E-state index contributed by atoms with van der Waals surface area (Å²) < 4.78 is 13.2. The van der Waals surface area contributed by atoms with Crippen molar-refractivity contribution in [2.45, 2.75) is 81.5 Å². The van der Waals surface area contributed by atoms with Gasteiger partial charge in [0.25, 0.3) is 0 Å². The molecule has 10 nitrogen and oxygen atoms in total. The highest BCUT2D eigenvalue weighted by atomic mass is 32.2. The van der Waals surface area contributed by atoms with Crippen molar-refractivity contribution in [1.82, 2.24) is 5.32 Å². The topological polar surface area (TPSA) is 160 Å². The molecule has 1 saturated heterocycles. The highest BCUT2D eigenvalue weighted by Crippen LogP contribution is 2.40. The van der Waals surface area contributed by atoms with Gasteiger partial charge in [-0.2, -0.15) is 0 Å². The molecule has 0 unspecified atom stereocenters. The molecule has 3 atom stereocenters. The minimum absolute atomic E-state index is 0.00293. The second kappa shape index (κ2) is 20.6. The molecule has 0 aliphatic carbocycles. The number of nitrogens with one attached hydrogen (secondary N) is 2. The number of rotatable bonds is 18. The van der Waals surface area contributed by atoms with Gasteiger partial charge in [-0.05, 0) is 89.2 Å². The number of anilines is 2. The van der Waals surface area contributed by atoms with Crippen molar-refractivity contribution in [2.24, 2.45) is 0 Å². The van der Waals surface area contributed by atoms with E-state index in [1.807, 2.05) is 84.9 Å². The maximum absolute atomic E-state index is 12.7. The summed E-state index contributed by atoms with van der Waals surface area (Å²) in [6.07, 6.45) is 3.69. The predicted octanol–water partition coefficient (Wildman–Crippen LogP) is 9.06. The molecule has 11 heteroatoms. The zero-order chi connectivity index (χ0) is 40.0. The van der Waals surface area contributed by atoms with Gasteiger partial charge in [-0.15, -0.1) is 11.8 Å². The van der Waals surface area contributed by atoms with Crippen LogP contribution in [0.4, 0.5) is 11.4 Å². The molecule has 0 aromatic heterocycles. The molecule has 0 saturated carbocycles. The minimum Gasteiger partial charge on any atom is -0.478 e. The number of nitrogens with two attached hydrogens (primary N) is 1. The fraction of sp³-hybridized carbons (Fsp3) is 0.283. The molecule has 6 rings (SSSR count). The molecule has 5 aromatic rings. The summed E-state index contributed by atoms with van der Waals surface area (Å²) in [6.45, 7) is 0.383. The Morgan fingerprint density at radius 3 is 2.14 bits per heavy atom. The van der Waals surface area contributed by atoms with Crippen molar-refractivity contribution in [3.05, 3.63) is 149 Å². The van der Waals surface area contributed by atoms with Crippen LogP contribution in [-0.4, -0.2) is 39.9 Å². The Kier molecular flexibility index (Phi) is 14.9. The summed E-state index contributed by atoms with van der Waals surface area (Å²) >= 11 is 1.61. The number of aromatic carboxylic acids is 1. The molecule has 1 aliphatic heterocycles. The molecule has 57 heavy (non-hydrogen) atoms. The van der Waals surface area contributed by atoms with E-state index in [1.54, 1.807) is 36.0 Å². The first-order valence-corrected chi connectivity index (χ1v) is 20.3. The van der Waals surface area contributed by atoms with E-state index in [-0.39, 0.29) is 36.2 Å². The summed E-state index contributed by atoms with van der Waals surface area (Å²) in [5, 5.41) is 24.8. The number of para-hydroxylation sites is 2. The van der Waals surface area contributed by atoms with Crippen LogP contribution >= 0.6 is 11.8 Å². The molecular weight excluding hydrogens is 739 g/mol. The predicted molar refractivity (Wildman–Crippen MR) is 223 cm³/mol. The van der Waals surface area contributed by atoms with Crippen molar-refractivity contribution in [1.29, 1.82) is 0 Å². The summed E-state index contributed by atoms with van der Waals surface area (Å²) in [5.74, 6) is -0.371. The smallest absolute Gasteiger partial charge is 0.335 e. The van der Waals surface area contributed by atoms with Gasteiger partial charge in [0.2, 0.25) is 11.8 Å². The van der Waals surface area contributed by atoms with Crippen LogP contribution in [0, 0.1) is 0 Å².